The molecule has 0 saturated carbocycles. The Bertz CT molecular complexity index is 110. The summed E-state index contributed by atoms with van der Waals surface area (Å²) < 4.78 is 5.61. The van der Waals surface area contributed by atoms with Crippen LogP contribution in [-0.4, -0.2) is 25.3 Å². The SMILES string of the molecule is CCC(C)NCC1CCCCO1. The molecule has 0 aliphatic carbocycles. The normalized spacial score (nSPS) is 27.0. The number of nitrogens with one attached hydrogen (secondary N) is 1. The topological polar surface area (TPSA) is 21.3 Å². The van der Waals surface area contributed by atoms with E-state index in [1.54, 1.807) is 0 Å². The van der Waals surface area contributed by atoms with Crippen LogP contribution in [0.25, 0.3) is 0 Å². The molecule has 1 heterocycles. The van der Waals surface area contributed by atoms with Crippen molar-refractivity contribution in [2.24, 2.45) is 0 Å². The summed E-state index contributed by atoms with van der Waals surface area (Å²) in [6.07, 6.45) is 5.51. The zero-order valence-electron chi connectivity index (χ0n) is 8.31. The van der Waals surface area contributed by atoms with E-state index >= 15 is 0 Å². The van der Waals surface area contributed by atoms with Crippen molar-refractivity contribution in [2.75, 3.05) is 13.2 Å². The second-order valence-corrected chi connectivity index (χ2v) is 3.71. The fourth-order valence-corrected chi connectivity index (χ4v) is 1.45. The third kappa shape index (κ3) is 3.55. The van der Waals surface area contributed by atoms with Crippen molar-refractivity contribution < 1.29 is 4.74 Å². The van der Waals surface area contributed by atoms with E-state index in [1.165, 1.54) is 25.7 Å². The molecule has 2 unspecified atom stereocenters. The van der Waals surface area contributed by atoms with Gasteiger partial charge >= 0.3 is 0 Å². The van der Waals surface area contributed by atoms with E-state index < -0.39 is 0 Å². The quantitative estimate of drug-likeness (QED) is 0.698. The van der Waals surface area contributed by atoms with E-state index in [0.717, 1.165) is 13.2 Å². The van der Waals surface area contributed by atoms with Crippen molar-refractivity contribution in [3.8, 4) is 0 Å². The van der Waals surface area contributed by atoms with Crippen molar-refractivity contribution in [1.29, 1.82) is 0 Å². The Morgan fingerprint density at radius 1 is 1.50 bits per heavy atom. The molecule has 0 bridgehead atoms. The molecule has 1 N–H and O–H groups in total. The van der Waals surface area contributed by atoms with Gasteiger partial charge in [0.15, 0.2) is 0 Å². The minimum absolute atomic E-state index is 0.479. The highest BCUT2D eigenvalue weighted by atomic mass is 16.5. The maximum Gasteiger partial charge on any atom is 0.0699 e. The average molecular weight is 171 g/mol. The molecular formula is C10H21NO. The lowest BCUT2D eigenvalue weighted by atomic mass is 10.1. The molecule has 1 fully saturated rings. The molecular weight excluding hydrogens is 150 g/mol. The number of rotatable bonds is 4. The van der Waals surface area contributed by atoms with Crippen molar-refractivity contribution >= 4 is 0 Å². The Balaban J connectivity index is 2.05. The minimum atomic E-state index is 0.479. The second kappa shape index (κ2) is 5.55. The molecule has 2 nitrogen and oxygen atoms in total. The van der Waals surface area contributed by atoms with Crippen LogP contribution in [0.4, 0.5) is 0 Å². The summed E-state index contributed by atoms with van der Waals surface area (Å²) in [6, 6.07) is 0.635. The Hall–Kier alpha value is -0.0800. The molecule has 2 heteroatoms. The second-order valence-electron chi connectivity index (χ2n) is 3.71. The monoisotopic (exact) mass is 171 g/mol. The number of ether oxygens (including phenoxy) is 1. The van der Waals surface area contributed by atoms with Crippen LogP contribution in [0.3, 0.4) is 0 Å². The van der Waals surface area contributed by atoms with Gasteiger partial charge in [-0.25, -0.2) is 0 Å². The van der Waals surface area contributed by atoms with Crippen LogP contribution in [0.1, 0.15) is 39.5 Å². The van der Waals surface area contributed by atoms with Crippen LogP contribution in [0.2, 0.25) is 0 Å². The molecule has 72 valence electrons. The maximum atomic E-state index is 5.61. The zero-order valence-corrected chi connectivity index (χ0v) is 8.31. The molecule has 0 radical (unpaired) electrons. The highest BCUT2D eigenvalue weighted by molar-refractivity contribution is 4.68. The molecule has 0 spiro atoms. The van der Waals surface area contributed by atoms with E-state index in [4.69, 9.17) is 4.74 Å². The van der Waals surface area contributed by atoms with Gasteiger partial charge in [-0.2, -0.15) is 0 Å². The van der Waals surface area contributed by atoms with Gasteiger partial charge in [0, 0.05) is 19.2 Å². The van der Waals surface area contributed by atoms with Gasteiger partial charge in [0.1, 0.15) is 0 Å². The lowest BCUT2D eigenvalue weighted by molar-refractivity contribution is 0.0156. The van der Waals surface area contributed by atoms with Gasteiger partial charge in [-0.1, -0.05) is 6.92 Å². The van der Waals surface area contributed by atoms with Crippen LogP contribution < -0.4 is 5.32 Å². The van der Waals surface area contributed by atoms with E-state index in [9.17, 15) is 0 Å². The lowest BCUT2D eigenvalue weighted by Gasteiger charge is -2.24. The van der Waals surface area contributed by atoms with E-state index in [2.05, 4.69) is 19.2 Å². The zero-order chi connectivity index (χ0) is 8.81. The fraction of sp³-hybridized carbons (Fsp3) is 1.00. The van der Waals surface area contributed by atoms with Gasteiger partial charge in [0.05, 0.1) is 6.10 Å². The molecule has 1 rings (SSSR count). The maximum absolute atomic E-state index is 5.61. The first-order valence-corrected chi connectivity index (χ1v) is 5.18. The summed E-state index contributed by atoms with van der Waals surface area (Å²) >= 11 is 0. The predicted octanol–water partition coefficient (Wildman–Crippen LogP) is 1.94. The van der Waals surface area contributed by atoms with E-state index in [-0.39, 0.29) is 0 Å². The van der Waals surface area contributed by atoms with Gasteiger partial charge < -0.3 is 10.1 Å². The molecule has 0 amide bonds. The Labute approximate surface area is 75.7 Å². The molecule has 2 atom stereocenters. The van der Waals surface area contributed by atoms with Gasteiger partial charge in [0.25, 0.3) is 0 Å². The predicted molar refractivity (Wildman–Crippen MR) is 51.3 cm³/mol. The molecule has 0 aromatic heterocycles. The van der Waals surface area contributed by atoms with E-state index in [0.29, 0.717) is 12.1 Å². The molecule has 1 aliphatic rings. The Morgan fingerprint density at radius 2 is 2.33 bits per heavy atom. The summed E-state index contributed by atoms with van der Waals surface area (Å²) in [5, 5.41) is 3.48. The van der Waals surface area contributed by atoms with E-state index in [1.807, 2.05) is 0 Å². The Kier molecular flexibility index (Phi) is 4.62. The fourth-order valence-electron chi connectivity index (χ4n) is 1.45. The molecule has 1 aliphatic heterocycles. The van der Waals surface area contributed by atoms with Crippen LogP contribution in [0.5, 0.6) is 0 Å². The highest BCUT2D eigenvalue weighted by Gasteiger charge is 2.13. The largest absolute Gasteiger partial charge is 0.377 e. The molecule has 12 heavy (non-hydrogen) atoms. The average Bonchev–Trinajstić information content (AvgIpc) is 2.16. The number of hydrogen-bond acceptors (Lipinski definition) is 2. The van der Waals surface area contributed by atoms with Crippen LogP contribution in [0.15, 0.2) is 0 Å². The van der Waals surface area contributed by atoms with Crippen LogP contribution in [-0.2, 0) is 4.74 Å². The summed E-state index contributed by atoms with van der Waals surface area (Å²) in [7, 11) is 0. The number of hydrogen-bond donors (Lipinski definition) is 1. The van der Waals surface area contributed by atoms with Gasteiger partial charge in [0.2, 0.25) is 0 Å². The summed E-state index contributed by atoms with van der Waals surface area (Å²) in [5.74, 6) is 0. The molecule has 0 aromatic carbocycles. The van der Waals surface area contributed by atoms with Crippen molar-refractivity contribution in [2.45, 2.75) is 51.7 Å². The summed E-state index contributed by atoms with van der Waals surface area (Å²) in [5.41, 5.74) is 0. The summed E-state index contributed by atoms with van der Waals surface area (Å²) in [6.45, 7) is 6.43. The van der Waals surface area contributed by atoms with Crippen LogP contribution >= 0.6 is 0 Å². The third-order valence-corrected chi connectivity index (χ3v) is 2.58. The third-order valence-electron chi connectivity index (χ3n) is 2.58. The van der Waals surface area contributed by atoms with Gasteiger partial charge in [-0.15, -0.1) is 0 Å². The van der Waals surface area contributed by atoms with Crippen molar-refractivity contribution in [3.05, 3.63) is 0 Å². The smallest absolute Gasteiger partial charge is 0.0699 e. The highest BCUT2D eigenvalue weighted by Crippen LogP contribution is 2.11. The lowest BCUT2D eigenvalue weighted by Crippen LogP contribution is -2.36. The van der Waals surface area contributed by atoms with Crippen LogP contribution in [0, 0.1) is 0 Å². The van der Waals surface area contributed by atoms with Gasteiger partial charge in [-0.05, 0) is 32.6 Å². The first-order chi connectivity index (χ1) is 5.83. The van der Waals surface area contributed by atoms with Crippen molar-refractivity contribution in [1.82, 2.24) is 5.32 Å². The summed E-state index contributed by atoms with van der Waals surface area (Å²) in [4.78, 5) is 0. The first kappa shape index (κ1) is 10.0. The van der Waals surface area contributed by atoms with Crippen molar-refractivity contribution in [3.63, 3.8) is 0 Å². The molecule has 0 aromatic rings. The standard InChI is InChI=1S/C10H21NO/c1-3-9(2)11-8-10-6-4-5-7-12-10/h9-11H,3-8H2,1-2H3. The Morgan fingerprint density at radius 3 is 2.92 bits per heavy atom. The minimum Gasteiger partial charge on any atom is -0.377 e. The molecule has 1 saturated heterocycles. The first-order valence-electron chi connectivity index (χ1n) is 5.18. The van der Waals surface area contributed by atoms with Gasteiger partial charge in [-0.3, -0.25) is 0 Å².